The zero-order valence-corrected chi connectivity index (χ0v) is 11.0. The third-order valence-corrected chi connectivity index (χ3v) is 3.99. The van der Waals surface area contributed by atoms with Gasteiger partial charge in [-0.25, -0.2) is 4.79 Å². The lowest BCUT2D eigenvalue weighted by Gasteiger charge is -2.41. The first-order valence-corrected chi connectivity index (χ1v) is 6.22. The summed E-state index contributed by atoms with van der Waals surface area (Å²) in [5.41, 5.74) is 9.61. The number of nitrogens with two attached hydrogens (primary N) is 1. The number of hydrogen-bond donors (Lipinski definition) is 1. The molecule has 2 aromatic rings. The molecule has 1 saturated heterocycles. The Balaban J connectivity index is 2.37. The maximum atomic E-state index is 12.0. The lowest BCUT2D eigenvalue weighted by molar-refractivity contribution is 0.482. The van der Waals surface area contributed by atoms with Gasteiger partial charge in [-0.2, -0.15) is 0 Å². The fraction of sp³-hybridized carbons (Fsp3) is 0.462. The van der Waals surface area contributed by atoms with E-state index in [1.807, 2.05) is 19.2 Å². The van der Waals surface area contributed by atoms with Crippen molar-refractivity contribution in [1.82, 2.24) is 9.13 Å². The molecule has 2 heterocycles. The Hall–Kier alpha value is -1.91. The summed E-state index contributed by atoms with van der Waals surface area (Å²) in [6.45, 7) is 3.22. The lowest BCUT2D eigenvalue weighted by atomic mass is 10.0. The van der Waals surface area contributed by atoms with Crippen LogP contribution < -0.4 is 16.3 Å². The smallest absolute Gasteiger partial charge is 0.328 e. The molecular weight excluding hydrogens is 228 g/mol. The number of nitrogen functional groups attached to an aromatic ring is 1. The number of imidazole rings is 1. The molecule has 96 valence electrons. The third kappa shape index (κ3) is 1.30. The van der Waals surface area contributed by atoms with Crippen LogP contribution in [0.1, 0.15) is 13.3 Å². The van der Waals surface area contributed by atoms with Crippen LogP contribution >= 0.6 is 0 Å². The molecule has 1 fully saturated rings. The quantitative estimate of drug-likeness (QED) is 0.765. The normalized spacial score (nSPS) is 19.3. The molecule has 5 heteroatoms. The Labute approximate surface area is 105 Å². The van der Waals surface area contributed by atoms with Gasteiger partial charge in [0, 0.05) is 32.4 Å². The molecule has 3 rings (SSSR count). The molecule has 2 N–H and O–H groups in total. The zero-order valence-electron chi connectivity index (χ0n) is 11.0. The van der Waals surface area contributed by atoms with Crippen LogP contribution in [-0.2, 0) is 14.1 Å². The SMILES string of the molecule is C[C@@H]1CCN1c1cc(N)cc2c1n(C)c(=O)n2C. The second-order valence-corrected chi connectivity index (χ2v) is 5.14. The predicted molar refractivity (Wildman–Crippen MR) is 74.0 cm³/mol. The van der Waals surface area contributed by atoms with Crippen LogP contribution in [0.25, 0.3) is 11.0 Å². The highest BCUT2D eigenvalue weighted by Crippen LogP contribution is 2.34. The molecule has 1 aromatic heterocycles. The minimum atomic E-state index is -0.00923. The maximum Gasteiger partial charge on any atom is 0.328 e. The van der Waals surface area contributed by atoms with Gasteiger partial charge in [-0.05, 0) is 25.5 Å². The number of hydrogen-bond acceptors (Lipinski definition) is 3. The van der Waals surface area contributed by atoms with E-state index < -0.39 is 0 Å². The third-order valence-electron chi connectivity index (χ3n) is 3.99. The van der Waals surface area contributed by atoms with Crippen LogP contribution in [0.3, 0.4) is 0 Å². The van der Waals surface area contributed by atoms with Crippen molar-refractivity contribution in [3.8, 4) is 0 Å². The van der Waals surface area contributed by atoms with Gasteiger partial charge in [-0.1, -0.05) is 0 Å². The van der Waals surface area contributed by atoms with E-state index in [2.05, 4.69) is 11.8 Å². The molecule has 1 atom stereocenters. The van der Waals surface area contributed by atoms with Crippen LogP contribution in [-0.4, -0.2) is 21.7 Å². The molecule has 0 saturated carbocycles. The highest BCUT2D eigenvalue weighted by Gasteiger charge is 2.27. The number of aryl methyl sites for hydroxylation is 2. The van der Waals surface area contributed by atoms with Gasteiger partial charge in [0.05, 0.1) is 16.7 Å². The van der Waals surface area contributed by atoms with Crippen molar-refractivity contribution in [2.75, 3.05) is 17.2 Å². The van der Waals surface area contributed by atoms with Gasteiger partial charge in [0.1, 0.15) is 0 Å². The minimum Gasteiger partial charge on any atom is -0.399 e. The summed E-state index contributed by atoms with van der Waals surface area (Å²) in [7, 11) is 3.60. The predicted octanol–water partition coefficient (Wildman–Crippen LogP) is 1.06. The number of fused-ring (bicyclic) bond motifs is 1. The van der Waals surface area contributed by atoms with E-state index in [4.69, 9.17) is 5.73 Å². The van der Waals surface area contributed by atoms with Gasteiger partial charge in [0.15, 0.2) is 0 Å². The standard InChI is InChI=1S/C13H18N4O/c1-8-4-5-17(8)11-7-9(14)6-10-12(11)16(3)13(18)15(10)2/h6-8H,4-5,14H2,1-3H3/t8-/m1/s1. The van der Waals surface area contributed by atoms with E-state index >= 15 is 0 Å². The molecule has 0 amide bonds. The van der Waals surface area contributed by atoms with Crippen LogP contribution in [0.2, 0.25) is 0 Å². The topological polar surface area (TPSA) is 56.2 Å². The minimum absolute atomic E-state index is 0.00923. The summed E-state index contributed by atoms with van der Waals surface area (Å²) in [4.78, 5) is 14.3. The molecule has 0 spiro atoms. The highest BCUT2D eigenvalue weighted by molar-refractivity contribution is 5.93. The molecule has 5 nitrogen and oxygen atoms in total. The van der Waals surface area contributed by atoms with E-state index in [0.29, 0.717) is 11.7 Å². The van der Waals surface area contributed by atoms with Gasteiger partial charge < -0.3 is 10.6 Å². The zero-order chi connectivity index (χ0) is 13.0. The Bertz CT molecular complexity index is 682. The van der Waals surface area contributed by atoms with Crippen molar-refractivity contribution in [2.24, 2.45) is 14.1 Å². The van der Waals surface area contributed by atoms with Gasteiger partial charge >= 0.3 is 5.69 Å². The lowest BCUT2D eigenvalue weighted by Crippen LogP contribution is -2.46. The molecule has 0 aliphatic carbocycles. The number of benzene rings is 1. The Morgan fingerprint density at radius 2 is 2.00 bits per heavy atom. The number of aromatic nitrogens is 2. The molecular formula is C13H18N4O. The van der Waals surface area contributed by atoms with E-state index in [-0.39, 0.29) is 5.69 Å². The van der Waals surface area contributed by atoms with Crippen LogP contribution in [0.15, 0.2) is 16.9 Å². The van der Waals surface area contributed by atoms with E-state index in [9.17, 15) is 4.79 Å². The van der Waals surface area contributed by atoms with Crippen LogP contribution in [0.5, 0.6) is 0 Å². The number of rotatable bonds is 1. The highest BCUT2D eigenvalue weighted by atomic mass is 16.1. The first-order chi connectivity index (χ1) is 8.50. The van der Waals surface area contributed by atoms with Gasteiger partial charge in [-0.15, -0.1) is 0 Å². The summed E-state index contributed by atoms with van der Waals surface area (Å²) < 4.78 is 3.36. The number of nitrogens with zero attached hydrogens (tertiary/aromatic N) is 3. The van der Waals surface area contributed by atoms with Crippen molar-refractivity contribution in [2.45, 2.75) is 19.4 Å². The first-order valence-electron chi connectivity index (χ1n) is 6.22. The summed E-state index contributed by atoms with van der Waals surface area (Å²) in [5.74, 6) is 0. The molecule has 18 heavy (non-hydrogen) atoms. The van der Waals surface area contributed by atoms with E-state index in [1.165, 1.54) is 6.42 Å². The van der Waals surface area contributed by atoms with Crippen molar-refractivity contribution in [3.05, 3.63) is 22.6 Å². The number of anilines is 2. The largest absolute Gasteiger partial charge is 0.399 e. The first kappa shape index (κ1) is 11.2. The molecule has 0 bridgehead atoms. The van der Waals surface area contributed by atoms with E-state index in [1.54, 1.807) is 16.2 Å². The van der Waals surface area contributed by atoms with Crippen LogP contribution in [0, 0.1) is 0 Å². The summed E-state index contributed by atoms with van der Waals surface area (Å²) >= 11 is 0. The monoisotopic (exact) mass is 246 g/mol. The van der Waals surface area contributed by atoms with E-state index in [0.717, 1.165) is 23.3 Å². The second kappa shape index (κ2) is 3.54. The Kier molecular flexibility index (Phi) is 2.20. The van der Waals surface area contributed by atoms with Crippen molar-refractivity contribution in [3.63, 3.8) is 0 Å². The summed E-state index contributed by atoms with van der Waals surface area (Å²) in [6, 6.07) is 4.35. The van der Waals surface area contributed by atoms with Crippen molar-refractivity contribution in [1.29, 1.82) is 0 Å². The van der Waals surface area contributed by atoms with Crippen molar-refractivity contribution >= 4 is 22.4 Å². The fourth-order valence-electron chi connectivity index (χ4n) is 2.74. The molecule has 1 aliphatic heterocycles. The average Bonchev–Trinajstić information content (AvgIpc) is 2.52. The summed E-state index contributed by atoms with van der Waals surface area (Å²) in [5, 5.41) is 0. The molecule has 1 aromatic carbocycles. The van der Waals surface area contributed by atoms with Crippen LogP contribution in [0.4, 0.5) is 11.4 Å². The Morgan fingerprint density at radius 3 is 2.56 bits per heavy atom. The van der Waals surface area contributed by atoms with Gasteiger partial charge in [-0.3, -0.25) is 9.13 Å². The molecule has 1 aliphatic rings. The van der Waals surface area contributed by atoms with Gasteiger partial charge in [0.25, 0.3) is 0 Å². The Morgan fingerprint density at radius 1 is 1.28 bits per heavy atom. The average molecular weight is 246 g/mol. The molecule has 0 radical (unpaired) electrons. The van der Waals surface area contributed by atoms with Crippen molar-refractivity contribution < 1.29 is 0 Å². The molecule has 0 unspecified atom stereocenters. The summed E-state index contributed by atoms with van der Waals surface area (Å²) in [6.07, 6.45) is 1.19. The van der Waals surface area contributed by atoms with Gasteiger partial charge in [0.2, 0.25) is 0 Å². The second-order valence-electron chi connectivity index (χ2n) is 5.14. The fourth-order valence-corrected chi connectivity index (χ4v) is 2.74. The maximum absolute atomic E-state index is 12.0.